The molecule has 0 atom stereocenters. The fourth-order valence-corrected chi connectivity index (χ4v) is 2.06. The molecule has 0 saturated heterocycles. The molecule has 0 fully saturated rings. The summed E-state index contributed by atoms with van der Waals surface area (Å²) in [5.41, 5.74) is 0.176. The standard InChI is InChI=1S/C12H9FN2O3S/c1-18-11(17)9-6-14-12(19-9)15-10(16)7-3-2-4-8(13)5-7/h2-6H,1H3,(H,14,15,16). The number of hydrogen-bond donors (Lipinski definition) is 1. The molecule has 1 N–H and O–H groups in total. The molecular formula is C12H9FN2O3S. The molecule has 0 aliphatic carbocycles. The van der Waals surface area contributed by atoms with Crippen molar-refractivity contribution in [3.05, 3.63) is 46.7 Å². The molecule has 0 unspecified atom stereocenters. The van der Waals surface area contributed by atoms with Gasteiger partial charge in [-0.15, -0.1) is 0 Å². The van der Waals surface area contributed by atoms with Crippen molar-refractivity contribution < 1.29 is 18.7 Å². The number of nitrogens with one attached hydrogen (secondary N) is 1. The number of rotatable bonds is 3. The summed E-state index contributed by atoms with van der Waals surface area (Å²) < 4.78 is 17.5. The lowest BCUT2D eigenvalue weighted by Gasteiger charge is -2.01. The van der Waals surface area contributed by atoms with Gasteiger partial charge in [-0.1, -0.05) is 17.4 Å². The van der Waals surface area contributed by atoms with Gasteiger partial charge >= 0.3 is 5.97 Å². The maximum absolute atomic E-state index is 13.0. The summed E-state index contributed by atoms with van der Waals surface area (Å²) in [6, 6.07) is 5.28. The van der Waals surface area contributed by atoms with E-state index in [4.69, 9.17) is 0 Å². The fourth-order valence-electron chi connectivity index (χ4n) is 1.33. The Balaban J connectivity index is 2.11. The van der Waals surface area contributed by atoms with Crippen molar-refractivity contribution in [1.82, 2.24) is 4.98 Å². The van der Waals surface area contributed by atoms with Gasteiger partial charge in [-0.2, -0.15) is 0 Å². The topological polar surface area (TPSA) is 68.3 Å². The monoisotopic (exact) mass is 280 g/mol. The van der Waals surface area contributed by atoms with Crippen molar-refractivity contribution in [2.45, 2.75) is 0 Å². The predicted octanol–water partition coefficient (Wildman–Crippen LogP) is 2.32. The van der Waals surface area contributed by atoms with Crippen LogP contribution >= 0.6 is 11.3 Å². The lowest BCUT2D eigenvalue weighted by molar-refractivity contribution is 0.0606. The second-order valence-electron chi connectivity index (χ2n) is 3.49. The molecule has 0 saturated carbocycles. The van der Waals surface area contributed by atoms with E-state index in [-0.39, 0.29) is 15.6 Å². The molecule has 1 aromatic carbocycles. The highest BCUT2D eigenvalue weighted by Gasteiger charge is 2.13. The summed E-state index contributed by atoms with van der Waals surface area (Å²) in [5.74, 6) is -1.52. The molecule has 1 amide bonds. The van der Waals surface area contributed by atoms with Crippen LogP contribution in [0.5, 0.6) is 0 Å². The van der Waals surface area contributed by atoms with Crippen LogP contribution < -0.4 is 5.32 Å². The van der Waals surface area contributed by atoms with Gasteiger partial charge in [0.15, 0.2) is 5.13 Å². The minimum atomic E-state index is -0.524. The second-order valence-corrected chi connectivity index (χ2v) is 4.52. The Labute approximate surface area is 112 Å². The molecule has 0 radical (unpaired) electrons. The molecule has 0 aliphatic heterocycles. The number of thiazole rings is 1. The summed E-state index contributed by atoms with van der Waals surface area (Å²) in [6.07, 6.45) is 1.30. The van der Waals surface area contributed by atoms with E-state index in [9.17, 15) is 14.0 Å². The van der Waals surface area contributed by atoms with Crippen molar-refractivity contribution >= 4 is 28.3 Å². The third-order valence-corrected chi connectivity index (χ3v) is 3.09. The highest BCUT2D eigenvalue weighted by Crippen LogP contribution is 2.19. The first kappa shape index (κ1) is 13.2. The van der Waals surface area contributed by atoms with Gasteiger partial charge in [0.2, 0.25) is 0 Å². The van der Waals surface area contributed by atoms with Crippen LogP contribution in [0, 0.1) is 5.82 Å². The SMILES string of the molecule is COC(=O)c1cnc(NC(=O)c2cccc(F)c2)s1. The van der Waals surface area contributed by atoms with Crippen LogP contribution in [0.3, 0.4) is 0 Å². The molecule has 1 aromatic heterocycles. The Kier molecular flexibility index (Phi) is 3.86. The highest BCUT2D eigenvalue weighted by molar-refractivity contribution is 7.17. The van der Waals surface area contributed by atoms with E-state index < -0.39 is 17.7 Å². The Bertz CT molecular complexity index is 627. The van der Waals surface area contributed by atoms with Crippen LogP contribution in [0.2, 0.25) is 0 Å². The maximum atomic E-state index is 13.0. The average molecular weight is 280 g/mol. The number of esters is 1. The van der Waals surface area contributed by atoms with Gasteiger partial charge in [0.1, 0.15) is 10.7 Å². The van der Waals surface area contributed by atoms with Crippen LogP contribution in [0.15, 0.2) is 30.5 Å². The maximum Gasteiger partial charge on any atom is 0.349 e. The van der Waals surface area contributed by atoms with Gasteiger partial charge < -0.3 is 4.74 Å². The van der Waals surface area contributed by atoms with Crippen LogP contribution in [0.4, 0.5) is 9.52 Å². The number of carbonyl (C=O) groups is 2. The molecule has 1 heterocycles. The summed E-state index contributed by atoms with van der Waals surface area (Å²) in [6.45, 7) is 0. The molecule has 2 aromatic rings. The van der Waals surface area contributed by atoms with Gasteiger partial charge in [-0.3, -0.25) is 10.1 Å². The zero-order valence-corrected chi connectivity index (χ0v) is 10.7. The molecule has 7 heteroatoms. The lowest BCUT2D eigenvalue weighted by atomic mass is 10.2. The third-order valence-electron chi connectivity index (χ3n) is 2.20. The van der Waals surface area contributed by atoms with E-state index in [1.54, 1.807) is 0 Å². The zero-order valence-electron chi connectivity index (χ0n) is 9.84. The predicted molar refractivity (Wildman–Crippen MR) is 67.8 cm³/mol. The zero-order chi connectivity index (χ0) is 13.8. The van der Waals surface area contributed by atoms with Gasteiger partial charge in [-0.25, -0.2) is 14.2 Å². The second kappa shape index (κ2) is 5.57. The van der Waals surface area contributed by atoms with Crippen molar-refractivity contribution in [2.75, 3.05) is 12.4 Å². The summed E-state index contributed by atoms with van der Waals surface area (Å²) in [5, 5.41) is 2.72. The number of halogens is 1. The molecule has 0 bridgehead atoms. The Morgan fingerprint density at radius 3 is 2.89 bits per heavy atom. The van der Waals surface area contributed by atoms with E-state index in [0.29, 0.717) is 0 Å². The Morgan fingerprint density at radius 1 is 1.42 bits per heavy atom. The fraction of sp³-hybridized carbons (Fsp3) is 0.0833. The van der Waals surface area contributed by atoms with Gasteiger partial charge in [0.25, 0.3) is 5.91 Å². The molecular weight excluding hydrogens is 271 g/mol. The van der Waals surface area contributed by atoms with Gasteiger partial charge in [0, 0.05) is 5.56 Å². The van der Waals surface area contributed by atoms with E-state index in [1.807, 2.05) is 0 Å². The number of ether oxygens (including phenoxy) is 1. The largest absolute Gasteiger partial charge is 0.465 e. The average Bonchev–Trinajstić information content (AvgIpc) is 2.86. The summed E-state index contributed by atoms with van der Waals surface area (Å²) in [4.78, 5) is 27.1. The Morgan fingerprint density at radius 2 is 2.21 bits per heavy atom. The number of aromatic nitrogens is 1. The van der Waals surface area contributed by atoms with Crippen molar-refractivity contribution in [2.24, 2.45) is 0 Å². The molecule has 19 heavy (non-hydrogen) atoms. The summed E-state index contributed by atoms with van der Waals surface area (Å²) in [7, 11) is 1.26. The molecule has 0 spiro atoms. The first-order valence-corrected chi connectivity index (χ1v) is 6.03. The van der Waals surface area contributed by atoms with Crippen molar-refractivity contribution in [1.29, 1.82) is 0 Å². The van der Waals surface area contributed by atoms with E-state index in [0.717, 1.165) is 17.4 Å². The molecule has 5 nitrogen and oxygen atoms in total. The number of carbonyl (C=O) groups excluding carboxylic acids is 2. The van der Waals surface area contributed by atoms with E-state index >= 15 is 0 Å². The van der Waals surface area contributed by atoms with Crippen molar-refractivity contribution in [3.8, 4) is 0 Å². The first-order valence-electron chi connectivity index (χ1n) is 5.21. The van der Waals surface area contributed by atoms with E-state index in [1.165, 1.54) is 31.5 Å². The van der Waals surface area contributed by atoms with Crippen molar-refractivity contribution in [3.63, 3.8) is 0 Å². The summed E-state index contributed by atoms with van der Waals surface area (Å²) >= 11 is 0.981. The van der Waals surface area contributed by atoms with Gasteiger partial charge in [0.05, 0.1) is 13.3 Å². The molecule has 2 rings (SSSR count). The van der Waals surface area contributed by atoms with E-state index in [2.05, 4.69) is 15.0 Å². The number of amides is 1. The third kappa shape index (κ3) is 3.14. The quantitative estimate of drug-likeness (QED) is 0.876. The minimum absolute atomic E-state index is 0.176. The van der Waals surface area contributed by atoms with Crippen LogP contribution in [-0.4, -0.2) is 24.0 Å². The first-order chi connectivity index (χ1) is 9.10. The molecule has 98 valence electrons. The van der Waals surface area contributed by atoms with Crippen LogP contribution in [0.25, 0.3) is 0 Å². The van der Waals surface area contributed by atoms with Gasteiger partial charge in [-0.05, 0) is 18.2 Å². The lowest BCUT2D eigenvalue weighted by Crippen LogP contribution is -2.11. The number of nitrogens with zero attached hydrogens (tertiary/aromatic N) is 1. The number of benzene rings is 1. The normalized spacial score (nSPS) is 10.0. The number of hydrogen-bond acceptors (Lipinski definition) is 5. The Hall–Kier alpha value is -2.28. The van der Waals surface area contributed by atoms with Crippen LogP contribution in [0.1, 0.15) is 20.0 Å². The molecule has 0 aliphatic rings. The van der Waals surface area contributed by atoms with Crippen LogP contribution in [-0.2, 0) is 4.74 Å². The number of anilines is 1. The smallest absolute Gasteiger partial charge is 0.349 e. The number of methoxy groups -OCH3 is 1. The highest BCUT2D eigenvalue weighted by atomic mass is 32.1. The minimum Gasteiger partial charge on any atom is -0.465 e.